The molecule has 0 bridgehead atoms. The molecule has 1 saturated heterocycles. The highest BCUT2D eigenvalue weighted by atomic mass is 35.5. The van der Waals surface area contributed by atoms with E-state index in [4.69, 9.17) is 16.0 Å². The molecule has 1 aliphatic heterocycles. The quantitative estimate of drug-likeness (QED) is 0.868. The molecule has 1 aromatic carbocycles. The largest absolute Gasteiger partial charge is 0.417 e. The summed E-state index contributed by atoms with van der Waals surface area (Å²) in [5, 5.41) is 11.3. The smallest absolute Gasteiger partial charge is 0.308 e. The van der Waals surface area contributed by atoms with Gasteiger partial charge in [-0.05, 0) is 37.6 Å². The van der Waals surface area contributed by atoms with Gasteiger partial charge in [-0.15, -0.1) is 10.2 Å². The summed E-state index contributed by atoms with van der Waals surface area (Å²) in [6.45, 7) is 4.84. The van der Waals surface area contributed by atoms with E-state index in [1.807, 2.05) is 24.3 Å². The topological polar surface area (TPSA) is 71.3 Å². The van der Waals surface area contributed by atoms with Gasteiger partial charge in [-0.25, -0.2) is 0 Å². The van der Waals surface area contributed by atoms with Gasteiger partial charge >= 0.3 is 11.8 Å². The van der Waals surface area contributed by atoms with E-state index < -0.39 is 0 Å². The Morgan fingerprint density at radius 2 is 2.25 bits per heavy atom. The van der Waals surface area contributed by atoms with Crippen molar-refractivity contribution in [2.45, 2.75) is 32.2 Å². The highest BCUT2D eigenvalue weighted by molar-refractivity contribution is 6.31. The van der Waals surface area contributed by atoms with Crippen LogP contribution >= 0.6 is 11.6 Å². The summed E-state index contributed by atoms with van der Waals surface area (Å²) in [7, 11) is 0. The Bertz CT molecular complexity index is 703. The van der Waals surface area contributed by atoms with Crippen molar-refractivity contribution in [3.63, 3.8) is 0 Å². The average molecular weight is 349 g/mol. The summed E-state index contributed by atoms with van der Waals surface area (Å²) in [5.74, 6) is 0.0539. The number of nitrogens with zero attached hydrogens (tertiary/aromatic N) is 3. The van der Waals surface area contributed by atoms with Crippen molar-refractivity contribution >= 4 is 17.5 Å². The molecule has 24 heavy (non-hydrogen) atoms. The molecule has 0 unspecified atom stereocenters. The maximum atomic E-state index is 12.2. The van der Waals surface area contributed by atoms with Gasteiger partial charge in [-0.3, -0.25) is 9.69 Å². The minimum Gasteiger partial charge on any atom is -0.417 e. The number of benzene rings is 1. The Balaban J connectivity index is 1.57. The number of carbonyl (C=O) groups excluding carboxylic acids is 1. The standard InChI is InChI=1S/C17H21ClN4O2/c1-2-22-9-5-7-13(22)11-19-16(23)17-21-20-15(24-17)10-12-6-3-4-8-14(12)18/h3-4,6,8,13H,2,5,7,9-11H2,1H3,(H,19,23)/t13-/m0/s1. The fraction of sp³-hybridized carbons (Fsp3) is 0.471. The number of likely N-dealkylation sites (tertiary alicyclic amines) is 1. The van der Waals surface area contributed by atoms with Gasteiger partial charge in [0.2, 0.25) is 5.89 Å². The Labute approximate surface area is 146 Å². The molecule has 1 aliphatic rings. The number of halogens is 1. The average Bonchev–Trinajstić information content (AvgIpc) is 3.23. The van der Waals surface area contributed by atoms with E-state index >= 15 is 0 Å². The minimum atomic E-state index is -0.323. The van der Waals surface area contributed by atoms with Crippen molar-refractivity contribution in [3.8, 4) is 0 Å². The summed E-state index contributed by atoms with van der Waals surface area (Å²) in [4.78, 5) is 14.5. The number of hydrogen-bond donors (Lipinski definition) is 1. The van der Waals surface area contributed by atoms with Gasteiger partial charge in [0.05, 0.1) is 6.42 Å². The van der Waals surface area contributed by atoms with Crippen LogP contribution in [0, 0.1) is 0 Å². The van der Waals surface area contributed by atoms with Crippen LogP contribution in [0.4, 0.5) is 0 Å². The fourth-order valence-electron chi connectivity index (χ4n) is 3.05. The van der Waals surface area contributed by atoms with E-state index in [1.54, 1.807) is 0 Å². The summed E-state index contributed by atoms with van der Waals surface area (Å²) >= 11 is 6.12. The van der Waals surface area contributed by atoms with E-state index in [0.717, 1.165) is 25.1 Å². The molecule has 1 aromatic heterocycles. The summed E-state index contributed by atoms with van der Waals surface area (Å²) in [5.41, 5.74) is 0.888. The van der Waals surface area contributed by atoms with Crippen LogP contribution in [0.15, 0.2) is 28.7 Å². The molecule has 2 aromatic rings. The van der Waals surface area contributed by atoms with Gasteiger partial charge in [0.1, 0.15) is 0 Å². The Morgan fingerprint density at radius 1 is 1.42 bits per heavy atom. The first kappa shape index (κ1) is 16.9. The molecule has 2 heterocycles. The van der Waals surface area contributed by atoms with Crippen molar-refractivity contribution in [3.05, 3.63) is 46.6 Å². The lowest BCUT2D eigenvalue weighted by atomic mass is 10.1. The summed E-state index contributed by atoms with van der Waals surface area (Å²) in [6, 6.07) is 7.85. The SMILES string of the molecule is CCN1CCC[C@H]1CNC(=O)c1nnc(Cc2ccccc2Cl)o1. The number of likely N-dealkylation sites (N-methyl/N-ethyl adjacent to an activating group) is 1. The first-order valence-corrected chi connectivity index (χ1v) is 8.63. The highest BCUT2D eigenvalue weighted by Crippen LogP contribution is 2.18. The van der Waals surface area contributed by atoms with Gasteiger partial charge in [0, 0.05) is 17.6 Å². The maximum Gasteiger partial charge on any atom is 0.308 e. The van der Waals surface area contributed by atoms with Crippen molar-refractivity contribution in [1.29, 1.82) is 0 Å². The number of carbonyl (C=O) groups is 1. The number of hydrogen-bond acceptors (Lipinski definition) is 5. The lowest BCUT2D eigenvalue weighted by Gasteiger charge is -2.22. The van der Waals surface area contributed by atoms with Gasteiger partial charge < -0.3 is 9.73 Å². The molecular formula is C17H21ClN4O2. The zero-order valence-electron chi connectivity index (χ0n) is 13.7. The molecule has 1 atom stereocenters. The molecule has 128 valence electrons. The molecule has 1 amide bonds. The second kappa shape index (κ2) is 7.77. The fourth-order valence-corrected chi connectivity index (χ4v) is 3.25. The van der Waals surface area contributed by atoms with E-state index in [-0.39, 0.29) is 11.8 Å². The molecule has 7 heteroatoms. The van der Waals surface area contributed by atoms with Crippen LogP contribution in [-0.4, -0.2) is 46.7 Å². The predicted octanol–water partition coefficient (Wildman–Crippen LogP) is 2.53. The Hall–Kier alpha value is -1.92. The zero-order valence-corrected chi connectivity index (χ0v) is 14.4. The monoisotopic (exact) mass is 348 g/mol. The second-order valence-corrected chi connectivity index (χ2v) is 6.31. The molecule has 6 nitrogen and oxygen atoms in total. The molecule has 0 radical (unpaired) electrons. The number of nitrogens with one attached hydrogen (secondary N) is 1. The maximum absolute atomic E-state index is 12.2. The molecule has 0 aliphatic carbocycles. The summed E-state index contributed by atoms with van der Waals surface area (Å²) in [6.07, 6.45) is 2.69. The Morgan fingerprint density at radius 3 is 3.04 bits per heavy atom. The van der Waals surface area contributed by atoms with E-state index in [9.17, 15) is 4.79 Å². The number of rotatable bonds is 6. The van der Waals surface area contributed by atoms with Crippen LogP contribution in [-0.2, 0) is 6.42 Å². The lowest BCUT2D eigenvalue weighted by molar-refractivity contribution is 0.0905. The zero-order chi connectivity index (χ0) is 16.9. The van der Waals surface area contributed by atoms with Crippen LogP contribution < -0.4 is 5.32 Å². The third-order valence-electron chi connectivity index (χ3n) is 4.36. The molecule has 0 spiro atoms. The first-order valence-electron chi connectivity index (χ1n) is 8.25. The van der Waals surface area contributed by atoms with E-state index in [2.05, 4.69) is 27.3 Å². The molecular weight excluding hydrogens is 328 g/mol. The van der Waals surface area contributed by atoms with Gasteiger partial charge in [-0.1, -0.05) is 36.7 Å². The van der Waals surface area contributed by atoms with Gasteiger partial charge in [0.25, 0.3) is 0 Å². The van der Waals surface area contributed by atoms with Gasteiger partial charge in [-0.2, -0.15) is 0 Å². The Kier molecular flexibility index (Phi) is 5.48. The van der Waals surface area contributed by atoms with Crippen molar-refractivity contribution in [2.24, 2.45) is 0 Å². The molecule has 1 N–H and O–H groups in total. The predicted molar refractivity (Wildman–Crippen MR) is 91.2 cm³/mol. The normalized spacial score (nSPS) is 18.0. The van der Waals surface area contributed by atoms with Crippen molar-refractivity contribution in [1.82, 2.24) is 20.4 Å². The van der Waals surface area contributed by atoms with Crippen LogP contribution in [0.1, 0.15) is 41.9 Å². The second-order valence-electron chi connectivity index (χ2n) is 5.90. The molecule has 0 saturated carbocycles. The number of amides is 1. The van der Waals surface area contributed by atoms with Crippen molar-refractivity contribution < 1.29 is 9.21 Å². The van der Waals surface area contributed by atoms with Gasteiger partial charge in [0.15, 0.2) is 0 Å². The first-order chi connectivity index (χ1) is 11.7. The van der Waals surface area contributed by atoms with Crippen LogP contribution in [0.2, 0.25) is 5.02 Å². The number of aromatic nitrogens is 2. The molecule has 1 fully saturated rings. The highest BCUT2D eigenvalue weighted by Gasteiger charge is 2.24. The van der Waals surface area contributed by atoms with Crippen LogP contribution in [0.5, 0.6) is 0 Å². The van der Waals surface area contributed by atoms with Crippen molar-refractivity contribution in [2.75, 3.05) is 19.6 Å². The van der Waals surface area contributed by atoms with Crippen LogP contribution in [0.3, 0.4) is 0 Å². The molecule has 3 rings (SSSR count). The third kappa shape index (κ3) is 3.94. The van der Waals surface area contributed by atoms with Crippen LogP contribution in [0.25, 0.3) is 0 Å². The van der Waals surface area contributed by atoms with E-state index in [1.165, 1.54) is 6.42 Å². The van der Waals surface area contributed by atoms with E-state index in [0.29, 0.717) is 29.9 Å². The minimum absolute atomic E-state index is 0.00176. The summed E-state index contributed by atoms with van der Waals surface area (Å²) < 4.78 is 5.47. The third-order valence-corrected chi connectivity index (χ3v) is 4.73. The lowest BCUT2D eigenvalue weighted by Crippen LogP contribution is -2.40.